The van der Waals surface area contributed by atoms with E-state index in [4.69, 9.17) is 4.74 Å². The van der Waals surface area contributed by atoms with E-state index in [2.05, 4.69) is 17.6 Å². The fourth-order valence-electron chi connectivity index (χ4n) is 2.82. The number of carbonyl (C=O) groups is 1. The van der Waals surface area contributed by atoms with E-state index in [1.54, 1.807) is 7.11 Å². The molecule has 5 nitrogen and oxygen atoms in total. The third-order valence-electron chi connectivity index (χ3n) is 3.63. The minimum absolute atomic E-state index is 0.0112. The normalized spacial score (nSPS) is 28.9. The number of amides is 1. The van der Waals surface area contributed by atoms with Crippen molar-refractivity contribution in [2.75, 3.05) is 26.8 Å². The maximum Gasteiger partial charge on any atom is 0.234 e. The summed E-state index contributed by atoms with van der Waals surface area (Å²) in [4.78, 5) is 11.6. The Morgan fingerprint density at radius 2 is 2.32 bits per heavy atom. The van der Waals surface area contributed by atoms with Gasteiger partial charge in [-0.3, -0.25) is 4.79 Å². The van der Waals surface area contributed by atoms with Gasteiger partial charge < -0.3 is 20.5 Å². The Balaban J connectivity index is 2.20. The van der Waals surface area contributed by atoms with Gasteiger partial charge in [0.1, 0.15) is 0 Å². The Labute approximate surface area is 116 Å². The van der Waals surface area contributed by atoms with E-state index in [0.29, 0.717) is 19.1 Å². The first kappa shape index (κ1) is 16.4. The molecule has 1 aliphatic rings. The molecule has 0 aromatic carbocycles. The molecule has 112 valence electrons. The third-order valence-corrected chi connectivity index (χ3v) is 3.63. The van der Waals surface area contributed by atoms with E-state index < -0.39 is 5.60 Å². The van der Waals surface area contributed by atoms with Crippen molar-refractivity contribution in [3.8, 4) is 0 Å². The van der Waals surface area contributed by atoms with Crippen molar-refractivity contribution in [1.82, 2.24) is 10.6 Å². The number of hydrogen-bond donors (Lipinski definition) is 3. The Kier molecular flexibility index (Phi) is 6.75. The molecule has 3 unspecified atom stereocenters. The fourth-order valence-corrected chi connectivity index (χ4v) is 2.82. The SMILES string of the molecule is COCC(C)NC(=O)CNCC1(O)CCCC(C)C1. The smallest absolute Gasteiger partial charge is 0.234 e. The third kappa shape index (κ3) is 6.36. The second-order valence-corrected chi connectivity index (χ2v) is 5.95. The number of aliphatic hydroxyl groups is 1. The highest BCUT2D eigenvalue weighted by atomic mass is 16.5. The van der Waals surface area contributed by atoms with Gasteiger partial charge in [-0.2, -0.15) is 0 Å². The second-order valence-electron chi connectivity index (χ2n) is 5.95. The van der Waals surface area contributed by atoms with E-state index in [1.807, 2.05) is 6.92 Å². The summed E-state index contributed by atoms with van der Waals surface area (Å²) in [6.07, 6.45) is 3.90. The van der Waals surface area contributed by atoms with Crippen LogP contribution in [0.25, 0.3) is 0 Å². The lowest BCUT2D eigenvalue weighted by Crippen LogP contribution is -2.47. The molecule has 1 rings (SSSR count). The van der Waals surface area contributed by atoms with Crippen LogP contribution in [0.5, 0.6) is 0 Å². The van der Waals surface area contributed by atoms with Crippen molar-refractivity contribution in [2.45, 2.75) is 51.2 Å². The number of hydrogen-bond acceptors (Lipinski definition) is 4. The minimum atomic E-state index is -0.643. The molecular weight excluding hydrogens is 244 g/mol. The van der Waals surface area contributed by atoms with Crippen LogP contribution < -0.4 is 10.6 Å². The summed E-state index contributed by atoms with van der Waals surface area (Å²) in [5, 5.41) is 16.3. The van der Waals surface area contributed by atoms with Gasteiger partial charge in [0, 0.05) is 19.7 Å². The molecule has 0 heterocycles. The lowest BCUT2D eigenvalue weighted by Gasteiger charge is -2.35. The van der Waals surface area contributed by atoms with Gasteiger partial charge in [-0.15, -0.1) is 0 Å². The highest BCUT2D eigenvalue weighted by Gasteiger charge is 2.32. The molecule has 0 bridgehead atoms. The maximum absolute atomic E-state index is 11.6. The molecule has 0 radical (unpaired) electrons. The van der Waals surface area contributed by atoms with Gasteiger partial charge in [0.05, 0.1) is 18.8 Å². The van der Waals surface area contributed by atoms with Crippen molar-refractivity contribution in [3.05, 3.63) is 0 Å². The maximum atomic E-state index is 11.6. The topological polar surface area (TPSA) is 70.6 Å². The van der Waals surface area contributed by atoms with Gasteiger partial charge in [-0.25, -0.2) is 0 Å². The lowest BCUT2D eigenvalue weighted by atomic mass is 9.79. The molecule has 1 aliphatic carbocycles. The standard InChI is InChI=1S/C14H28N2O3/c1-11-5-4-6-14(18,7-11)10-15-8-13(17)16-12(2)9-19-3/h11-12,15,18H,4-10H2,1-3H3,(H,16,17). The van der Waals surface area contributed by atoms with E-state index in [9.17, 15) is 9.90 Å². The Morgan fingerprint density at radius 3 is 2.95 bits per heavy atom. The van der Waals surface area contributed by atoms with Crippen LogP contribution in [0.1, 0.15) is 39.5 Å². The molecule has 1 saturated carbocycles. The zero-order valence-electron chi connectivity index (χ0n) is 12.4. The Bertz CT molecular complexity index is 286. The molecule has 3 N–H and O–H groups in total. The zero-order chi connectivity index (χ0) is 14.3. The average Bonchev–Trinajstić information content (AvgIpc) is 2.28. The highest BCUT2D eigenvalue weighted by Crippen LogP contribution is 2.31. The monoisotopic (exact) mass is 272 g/mol. The number of rotatable bonds is 7. The van der Waals surface area contributed by atoms with Crippen LogP contribution in [-0.4, -0.2) is 49.5 Å². The van der Waals surface area contributed by atoms with Crippen LogP contribution in [0.15, 0.2) is 0 Å². The van der Waals surface area contributed by atoms with Crippen molar-refractivity contribution < 1.29 is 14.6 Å². The van der Waals surface area contributed by atoms with Crippen molar-refractivity contribution in [2.24, 2.45) is 5.92 Å². The number of carbonyl (C=O) groups excluding carboxylic acids is 1. The van der Waals surface area contributed by atoms with Crippen LogP contribution in [0, 0.1) is 5.92 Å². The first-order chi connectivity index (χ1) is 8.95. The van der Waals surface area contributed by atoms with E-state index in [-0.39, 0.29) is 18.5 Å². The summed E-state index contributed by atoms with van der Waals surface area (Å²) in [7, 11) is 1.61. The number of methoxy groups -OCH3 is 1. The molecule has 3 atom stereocenters. The molecule has 0 aromatic heterocycles. The van der Waals surface area contributed by atoms with Crippen LogP contribution in [0.3, 0.4) is 0 Å². The predicted molar refractivity (Wildman–Crippen MR) is 74.9 cm³/mol. The summed E-state index contributed by atoms with van der Waals surface area (Å²) in [5.74, 6) is 0.508. The summed E-state index contributed by atoms with van der Waals surface area (Å²) < 4.78 is 4.96. The van der Waals surface area contributed by atoms with Gasteiger partial charge >= 0.3 is 0 Å². The summed E-state index contributed by atoms with van der Waals surface area (Å²) in [5.41, 5.74) is -0.643. The molecule has 0 aromatic rings. The quantitative estimate of drug-likeness (QED) is 0.637. The van der Waals surface area contributed by atoms with Gasteiger partial charge in [0.15, 0.2) is 0 Å². The minimum Gasteiger partial charge on any atom is -0.389 e. The zero-order valence-corrected chi connectivity index (χ0v) is 12.4. The van der Waals surface area contributed by atoms with E-state index in [1.165, 1.54) is 6.42 Å². The summed E-state index contributed by atoms with van der Waals surface area (Å²) >= 11 is 0. The Hall–Kier alpha value is -0.650. The van der Waals surface area contributed by atoms with Gasteiger partial charge in [0.2, 0.25) is 5.91 Å². The molecule has 19 heavy (non-hydrogen) atoms. The van der Waals surface area contributed by atoms with E-state index >= 15 is 0 Å². The van der Waals surface area contributed by atoms with E-state index in [0.717, 1.165) is 19.3 Å². The molecule has 5 heteroatoms. The highest BCUT2D eigenvalue weighted by molar-refractivity contribution is 5.78. The number of ether oxygens (including phenoxy) is 1. The van der Waals surface area contributed by atoms with Gasteiger partial charge in [-0.05, 0) is 25.7 Å². The molecular formula is C14H28N2O3. The van der Waals surface area contributed by atoms with Gasteiger partial charge in [-0.1, -0.05) is 19.8 Å². The molecule has 0 spiro atoms. The molecule has 1 fully saturated rings. The van der Waals surface area contributed by atoms with Crippen molar-refractivity contribution in [1.29, 1.82) is 0 Å². The van der Waals surface area contributed by atoms with Gasteiger partial charge in [0.25, 0.3) is 0 Å². The number of nitrogens with one attached hydrogen (secondary N) is 2. The molecule has 0 aliphatic heterocycles. The van der Waals surface area contributed by atoms with Crippen LogP contribution in [0.4, 0.5) is 0 Å². The van der Waals surface area contributed by atoms with Crippen LogP contribution in [0.2, 0.25) is 0 Å². The average molecular weight is 272 g/mol. The van der Waals surface area contributed by atoms with Crippen molar-refractivity contribution in [3.63, 3.8) is 0 Å². The lowest BCUT2D eigenvalue weighted by molar-refractivity contribution is -0.121. The first-order valence-corrected chi connectivity index (χ1v) is 7.16. The largest absolute Gasteiger partial charge is 0.389 e. The summed E-state index contributed by atoms with van der Waals surface area (Å²) in [6, 6.07) is 0.0112. The second kappa shape index (κ2) is 7.82. The molecule has 1 amide bonds. The van der Waals surface area contributed by atoms with Crippen LogP contribution in [-0.2, 0) is 9.53 Å². The fraction of sp³-hybridized carbons (Fsp3) is 0.929. The predicted octanol–water partition coefficient (Wildman–Crippen LogP) is 0.668. The first-order valence-electron chi connectivity index (χ1n) is 7.16. The Morgan fingerprint density at radius 1 is 1.58 bits per heavy atom. The van der Waals surface area contributed by atoms with Crippen molar-refractivity contribution >= 4 is 5.91 Å². The summed E-state index contributed by atoms with van der Waals surface area (Å²) in [6.45, 7) is 5.31. The van der Waals surface area contributed by atoms with Crippen LogP contribution >= 0.6 is 0 Å². The molecule has 0 saturated heterocycles.